The molecule has 0 aromatic heterocycles. The Kier molecular flexibility index (Phi) is 4.33. The van der Waals surface area contributed by atoms with E-state index in [1.165, 1.54) is 0 Å². The summed E-state index contributed by atoms with van der Waals surface area (Å²) < 4.78 is 4.45. The summed E-state index contributed by atoms with van der Waals surface area (Å²) in [6.45, 7) is 3.67. The normalized spacial score (nSPS) is 14.7. The second-order valence-electron chi connectivity index (χ2n) is 2.54. The zero-order valence-corrected chi connectivity index (χ0v) is 6.96. The highest BCUT2D eigenvalue weighted by Crippen LogP contribution is 1.95. The molecule has 1 N–H and O–H groups in total. The van der Waals surface area contributed by atoms with Crippen molar-refractivity contribution in [1.29, 1.82) is 0 Å². The van der Waals surface area contributed by atoms with Crippen molar-refractivity contribution >= 4 is 20.2 Å². The minimum atomic E-state index is -0.539. The van der Waals surface area contributed by atoms with Crippen molar-refractivity contribution in [1.82, 2.24) is 5.32 Å². The second kappa shape index (κ2) is 4.76. The molecule has 5 heteroatoms. The first kappa shape index (κ1) is 10.0. The lowest BCUT2D eigenvalue weighted by Gasteiger charge is -2.12. The summed E-state index contributed by atoms with van der Waals surface area (Å²) in [6.07, 6.45) is -0.539. The molecule has 0 rings (SSSR count). The Morgan fingerprint density at radius 1 is 1.64 bits per heavy atom. The number of amides is 1. The largest absolute Gasteiger partial charge is 0.444 e. The average Bonchev–Trinajstić information content (AvgIpc) is 1.87. The van der Waals surface area contributed by atoms with Gasteiger partial charge in [-0.2, -0.15) is 0 Å². The molecule has 0 aromatic rings. The Labute approximate surface area is 66.7 Å². The third-order valence-electron chi connectivity index (χ3n) is 1.13. The Morgan fingerprint density at radius 3 is 2.55 bits per heavy atom. The van der Waals surface area contributed by atoms with Crippen LogP contribution >= 0.6 is 0 Å². The first-order valence-corrected chi connectivity index (χ1v) is 3.47. The van der Waals surface area contributed by atoms with Crippen LogP contribution in [-0.4, -0.2) is 26.5 Å². The topological polar surface area (TPSA) is 55.4 Å². The highest BCUT2D eigenvalue weighted by atomic mass is 16.5. The molecule has 0 fully saturated rings. The number of nitrogens with one attached hydrogen (secondary N) is 1. The molecule has 0 aliphatic rings. The molecule has 11 heavy (non-hydrogen) atoms. The van der Waals surface area contributed by atoms with Gasteiger partial charge >= 0.3 is 0 Å². The molecule has 2 unspecified atom stereocenters. The van der Waals surface area contributed by atoms with Gasteiger partial charge in [-0.25, -0.2) is 0 Å². The van der Waals surface area contributed by atoms with Crippen molar-refractivity contribution in [3.05, 3.63) is 0 Å². The summed E-state index contributed by atoms with van der Waals surface area (Å²) in [5.41, 5.74) is 0. The molecule has 0 aliphatic carbocycles. The van der Waals surface area contributed by atoms with Gasteiger partial charge in [0, 0.05) is 5.82 Å². The molecule has 4 nitrogen and oxygen atoms in total. The lowest BCUT2D eigenvalue weighted by molar-refractivity contribution is -0.137. The van der Waals surface area contributed by atoms with Crippen LogP contribution in [0.2, 0.25) is 5.82 Å². The number of carbonyl (C=O) groups is 2. The van der Waals surface area contributed by atoms with Crippen LogP contribution in [0.1, 0.15) is 13.8 Å². The van der Waals surface area contributed by atoms with Crippen LogP contribution in [-0.2, 0) is 14.3 Å². The van der Waals surface area contributed by atoms with Gasteiger partial charge < -0.3 is 10.1 Å². The molecule has 0 bridgehead atoms. The van der Waals surface area contributed by atoms with Gasteiger partial charge in [-0.05, 0) is 6.92 Å². The number of hydrogen-bond acceptors (Lipinski definition) is 3. The van der Waals surface area contributed by atoms with Gasteiger partial charge in [0.05, 0.1) is 0 Å². The van der Waals surface area contributed by atoms with Crippen molar-refractivity contribution in [2.75, 3.05) is 0 Å². The molecule has 0 spiro atoms. The highest BCUT2D eigenvalue weighted by Gasteiger charge is 2.09. The number of rotatable bonds is 4. The number of hydrogen-bond donors (Lipinski definition) is 1. The Bertz CT molecular complexity index is 149. The maximum absolute atomic E-state index is 10.9. The lowest BCUT2D eigenvalue weighted by atomic mass is 9.89. The van der Waals surface area contributed by atoms with E-state index < -0.39 is 6.23 Å². The number of carbonyl (C=O) groups excluding carboxylic acids is 2. The van der Waals surface area contributed by atoms with Crippen LogP contribution in [0.25, 0.3) is 0 Å². The van der Waals surface area contributed by atoms with Gasteiger partial charge in [-0.3, -0.25) is 9.59 Å². The van der Waals surface area contributed by atoms with Crippen LogP contribution in [0.5, 0.6) is 0 Å². The molecule has 62 valence electrons. The molecule has 0 saturated carbocycles. The van der Waals surface area contributed by atoms with E-state index in [2.05, 4.69) is 10.1 Å². The monoisotopic (exact) mass is 157 g/mol. The smallest absolute Gasteiger partial charge is 0.294 e. The van der Waals surface area contributed by atoms with Crippen molar-refractivity contribution in [2.45, 2.75) is 25.9 Å². The standard InChI is InChI=1S/C6H12BNO3/c1-4(7)6(10)8-5(2)11-3-9/h3-5H,7H2,1-2H3,(H,8,10). The average molecular weight is 157 g/mol. The first-order chi connectivity index (χ1) is 5.07. The predicted molar refractivity (Wildman–Crippen MR) is 42.7 cm³/mol. The molecule has 0 radical (unpaired) electrons. The maximum atomic E-state index is 10.9. The minimum Gasteiger partial charge on any atom is -0.444 e. The minimum absolute atomic E-state index is 0.0901. The summed E-state index contributed by atoms with van der Waals surface area (Å²) in [5.74, 6) is -0.216. The SMILES string of the molecule is BC(C)C(=O)NC(C)OC=O. The van der Waals surface area contributed by atoms with Crippen molar-refractivity contribution in [3.8, 4) is 0 Å². The van der Waals surface area contributed by atoms with E-state index in [0.29, 0.717) is 6.47 Å². The van der Waals surface area contributed by atoms with Gasteiger partial charge in [0.25, 0.3) is 6.47 Å². The Hall–Kier alpha value is -0.995. The summed E-state index contributed by atoms with van der Waals surface area (Å²) in [4.78, 5) is 20.7. The molecule has 0 aliphatic heterocycles. The van der Waals surface area contributed by atoms with Crippen LogP contribution in [0.15, 0.2) is 0 Å². The summed E-state index contributed by atoms with van der Waals surface area (Å²) in [7, 11) is 1.77. The van der Waals surface area contributed by atoms with E-state index in [0.717, 1.165) is 0 Å². The molecular weight excluding hydrogens is 145 g/mol. The Balaban J connectivity index is 3.65. The van der Waals surface area contributed by atoms with Crippen molar-refractivity contribution in [3.63, 3.8) is 0 Å². The Morgan fingerprint density at radius 2 is 2.18 bits per heavy atom. The van der Waals surface area contributed by atoms with Gasteiger partial charge in [0.2, 0.25) is 5.91 Å². The molecule has 0 saturated heterocycles. The van der Waals surface area contributed by atoms with E-state index in [9.17, 15) is 9.59 Å². The van der Waals surface area contributed by atoms with Gasteiger partial charge in [0.15, 0.2) is 6.23 Å². The summed E-state index contributed by atoms with van der Waals surface area (Å²) in [6, 6.07) is 0. The quantitative estimate of drug-likeness (QED) is 0.325. The fraction of sp³-hybridized carbons (Fsp3) is 0.667. The zero-order chi connectivity index (χ0) is 8.85. The molecule has 0 heterocycles. The fourth-order valence-electron chi connectivity index (χ4n) is 0.484. The molecule has 1 amide bonds. The van der Waals surface area contributed by atoms with Crippen LogP contribution in [0.3, 0.4) is 0 Å². The van der Waals surface area contributed by atoms with Crippen LogP contribution < -0.4 is 5.32 Å². The van der Waals surface area contributed by atoms with Gasteiger partial charge in [-0.15, -0.1) is 0 Å². The van der Waals surface area contributed by atoms with E-state index in [4.69, 9.17) is 0 Å². The fourth-order valence-corrected chi connectivity index (χ4v) is 0.484. The third-order valence-corrected chi connectivity index (χ3v) is 1.13. The molecule has 0 aromatic carbocycles. The number of ether oxygens (including phenoxy) is 1. The molecular formula is C6H12BNO3. The molecule has 2 atom stereocenters. The van der Waals surface area contributed by atoms with E-state index in [1.807, 2.05) is 0 Å². The van der Waals surface area contributed by atoms with Gasteiger partial charge in [-0.1, -0.05) is 6.92 Å². The zero-order valence-electron chi connectivity index (χ0n) is 6.96. The summed E-state index contributed by atoms with van der Waals surface area (Å²) in [5, 5.41) is 2.49. The highest BCUT2D eigenvalue weighted by molar-refractivity contribution is 6.23. The van der Waals surface area contributed by atoms with Crippen LogP contribution in [0.4, 0.5) is 0 Å². The lowest BCUT2D eigenvalue weighted by Crippen LogP contribution is -2.36. The second-order valence-corrected chi connectivity index (χ2v) is 2.54. The van der Waals surface area contributed by atoms with Crippen molar-refractivity contribution in [2.24, 2.45) is 0 Å². The van der Waals surface area contributed by atoms with Crippen LogP contribution in [0, 0.1) is 0 Å². The third kappa shape index (κ3) is 4.41. The first-order valence-electron chi connectivity index (χ1n) is 3.47. The maximum Gasteiger partial charge on any atom is 0.294 e. The van der Waals surface area contributed by atoms with E-state index in [1.54, 1.807) is 21.7 Å². The predicted octanol–water partition coefficient (Wildman–Crippen LogP) is -0.937. The summed E-state index contributed by atoms with van der Waals surface area (Å²) >= 11 is 0. The van der Waals surface area contributed by atoms with Crippen molar-refractivity contribution < 1.29 is 14.3 Å². The van der Waals surface area contributed by atoms with E-state index in [-0.39, 0.29) is 11.7 Å². The van der Waals surface area contributed by atoms with E-state index >= 15 is 0 Å². The van der Waals surface area contributed by atoms with Gasteiger partial charge in [0.1, 0.15) is 7.85 Å².